The number of hydrogen-bond acceptors (Lipinski definition) is 1. The van der Waals surface area contributed by atoms with Crippen molar-refractivity contribution in [2.24, 2.45) is 5.41 Å². The first-order chi connectivity index (χ1) is 8.46. The van der Waals surface area contributed by atoms with Crippen molar-refractivity contribution in [3.05, 3.63) is 34.9 Å². The molecule has 0 saturated heterocycles. The first kappa shape index (κ1) is 13.6. The van der Waals surface area contributed by atoms with E-state index in [2.05, 4.69) is 51.2 Å². The van der Waals surface area contributed by atoms with E-state index in [0.29, 0.717) is 11.5 Å². The minimum Gasteiger partial charge on any atom is -0.310 e. The monoisotopic (exact) mass is 245 g/mol. The van der Waals surface area contributed by atoms with Gasteiger partial charge in [-0.2, -0.15) is 0 Å². The van der Waals surface area contributed by atoms with Crippen LogP contribution in [0, 0.1) is 19.3 Å². The summed E-state index contributed by atoms with van der Waals surface area (Å²) in [7, 11) is 0. The third-order valence-corrected chi connectivity index (χ3v) is 4.29. The summed E-state index contributed by atoms with van der Waals surface area (Å²) in [5.41, 5.74) is 4.75. The summed E-state index contributed by atoms with van der Waals surface area (Å²) in [4.78, 5) is 0. The van der Waals surface area contributed by atoms with E-state index in [1.165, 1.54) is 42.4 Å². The zero-order valence-electron chi connectivity index (χ0n) is 12.3. The molecule has 0 aliphatic heterocycles. The van der Waals surface area contributed by atoms with Crippen LogP contribution in [0.15, 0.2) is 18.2 Å². The van der Waals surface area contributed by atoms with Gasteiger partial charge in [0.05, 0.1) is 0 Å². The molecule has 0 aromatic heterocycles. The molecule has 1 unspecified atom stereocenters. The fraction of sp³-hybridized carbons (Fsp3) is 0.647. The van der Waals surface area contributed by atoms with E-state index in [-0.39, 0.29) is 0 Å². The Morgan fingerprint density at radius 1 is 1.28 bits per heavy atom. The summed E-state index contributed by atoms with van der Waals surface area (Å²) < 4.78 is 0. The van der Waals surface area contributed by atoms with Gasteiger partial charge in [0.2, 0.25) is 0 Å². The molecule has 100 valence electrons. The quantitative estimate of drug-likeness (QED) is 0.834. The van der Waals surface area contributed by atoms with Crippen LogP contribution >= 0.6 is 0 Å². The van der Waals surface area contributed by atoms with Gasteiger partial charge in [-0.15, -0.1) is 0 Å². The minimum absolute atomic E-state index is 0.525. The predicted octanol–water partition coefficient (Wildman–Crippen LogP) is 4.36. The van der Waals surface area contributed by atoms with E-state index in [1.54, 1.807) is 0 Å². The first-order valence-electron chi connectivity index (χ1n) is 7.26. The fourth-order valence-electron chi connectivity index (χ4n) is 3.12. The summed E-state index contributed by atoms with van der Waals surface area (Å²) in [5, 5.41) is 3.76. The first-order valence-corrected chi connectivity index (χ1v) is 7.26. The van der Waals surface area contributed by atoms with Crippen molar-refractivity contribution in [2.45, 2.75) is 66.0 Å². The highest BCUT2D eigenvalue weighted by Gasteiger charge is 2.27. The van der Waals surface area contributed by atoms with Crippen molar-refractivity contribution in [3.8, 4) is 0 Å². The molecule has 1 fully saturated rings. The molecule has 1 aromatic rings. The van der Waals surface area contributed by atoms with Crippen molar-refractivity contribution in [1.82, 2.24) is 5.32 Å². The second kappa shape index (κ2) is 5.44. The molecule has 0 bridgehead atoms. The molecule has 1 heteroatoms. The standard InChI is InChI=1S/C17H27N/c1-13-7-8-14(2)15(10-13)12-18-16-6-5-9-17(3,4)11-16/h7-8,10,16,18H,5-6,9,11-12H2,1-4H3. The summed E-state index contributed by atoms with van der Waals surface area (Å²) in [5.74, 6) is 0. The molecule has 18 heavy (non-hydrogen) atoms. The Morgan fingerprint density at radius 2 is 2.06 bits per heavy atom. The van der Waals surface area contributed by atoms with Gasteiger partial charge in [-0.25, -0.2) is 0 Å². The van der Waals surface area contributed by atoms with Crippen LogP contribution in [0.2, 0.25) is 0 Å². The van der Waals surface area contributed by atoms with E-state index < -0.39 is 0 Å². The second-order valence-electron chi connectivity index (χ2n) is 6.77. The van der Waals surface area contributed by atoms with Crippen LogP contribution in [0.5, 0.6) is 0 Å². The van der Waals surface area contributed by atoms with Crippen LogP contribution in [0.3, 0.4) is 0 Å². The molecular formula is C17H27N. The van der Waals surface area contributed by atoms with Crippen molar-refractivity contribution >= 4 is 0 Å². The Hall–Kier alpha value is -0.820. The zero-order chi connectivity index (χ0) is 13.2. The highest BCUT2D eigenvalue weighted by Crippen LogP contribution is 2.35. The highest BCUT2D eigenvalue weighted by atomic mass is 14.9. The Kier molecular flexibility index (Phi) is 4.11. The summed E-state index contributed by atoms with van der Waals surface area (Å²) in [6, 6.07) is 7.45. The van der Waals surface area contributed by atoms with Gasteiger partial charge in [0, 0.05) is 12.6 Å². The van der Waals surface area contributed by atoms with Gasteiger partial charge in [0.15, 0.2) is 0 Å². The lowest BCUT2D eigenvalue weighted by Crippen LogP contribution is -2.37. The molecule has 0 radical (unpaired) electrons. The lowest BCUT2D eigenvalue weighted by atomic mass is 9.75. The average molecular weight is 245 g/mol. The van der Waals surface area contributed by atoms with Gasteiger partial charge in [0.1, 0.15) is 0 Å². The minimum atomic E-state index is 0.525. The van der Waals surface area contributed by atoms with Gasteiger partial charge in [-0.05, 0) is 49.7 Å². The molecule has 1 aliphatic carbocycles. The van der Waals surface area contributed by atoms with Crippen LogP contribution in [-0.4, -0.2) is 6.04 Å². The summed E-state index contributed by atoms with van der Waals surface area (Å²) in [6.45, 7) is 10.2. The van der Waals surface area contributed by atoms with Gasteiger partial charge < -0.3 is 5.32 Å². The van der Waals surface area contributed by atoms with Crippen LogP contribution in [0.4, 0.5) is 0 Å². The van der Waals surface area contributed by atoms with E-state index in [9.17, 15) is 0 Å². The molecule has 1 aromatic carbocycles. The van der Waals surface area contributed by atoms with Crippen LogP contribution in [-0.2, 0) is 6.54 Å². The van der Waals surface area contributed by atoms with E-state index in [0.717, 1.165) is 6.54 Å². The van der Waals surface area contributed by atoms with Crippen molar-refractivity contribution in [2.75, 3.05) is 0 Å². The molecule has 2 rings (SSSR count). The maximum Gasteiger partial charge on any atom is 0.0210 e. The topological polar surface area (TPSA) is 12.0 Å². The SMILES string of the molecule is Cc1ccc(C)c(CNC2CCCC(C)(C)C2)c1. The lowest BCUT2D eigenvalue weighted by molar-refractivity contribution is 0.197. The van der Waals surface area contributed by atoms with Crippen molar-refractivity contribution < 1.29 is 0 Å². The molecule has 1 saturated carbocycles. The van der Waals surface area contributed by atoms with Gasteiger partial charge in [-0.3, -0.25) is 0 Å². The van der Waals surface area contributed by atoms with E-state index in [4.69, 9.17) is 0 Å². The maximum atomic E-state index is 3.76. The Bertz CT molecular complexity index is 406. The third kappa shape index (κ3) is 3.58. The van der Waals surface area contributed by atoms with E-state index >= 15 is 0 Å². The molecule has 0 spiro atoms. The zero-order valence-corrected chi connectivity index (χ0v) is 12.3. The van der Waals surface area contributed by atoms with Gasteiger partial charge in [0.25, 0.3) is 0 Å². The number of benzene rings is 1. The molecular weight excluding hydrogens is 218 g/mol. The maximum absolute atomic E-state index is 3.76. The van der Waals surface area contributed by atoms with Gasteiger partial charge >= 0.3 is 0 Å². The molecule has 0 amide bonds. The molecule has 1 atom stereocenters. The third-order valence-electron chi connectivity index (χ3n) is 4.29. The largest absolute Gasteiger partial charge is 0.310 e. The van der Waals surface area contributed by atoms with Crippen LogP contribution < -0.4 is 5.32 Å². The Labute approximate surface area is 112 Å². The Balaban J connectivity index is 1.93. The van der Waals surface area contributed by atoms with Crippen molar-refractivity contribution in [1.29, 1.82) is 0 Å². The number of hydrogen-bond donors (Lipinski definition) is 1. The van der Waals surface area contributed by atoms with E-state index in [1.807, 2.05) is 0 Å². The van der Waals surface area contributed by atoms with Crippen LogP contribution in [0.1, 0.15) is 56.2 Å². The lowest BCUT2D eigenvalue weighted by Gasteiger charge is -2.35. The van der Waals surface area contributed by atoms with Crippen LogP contribution in [0.25, 0.3) is 0 Å². The number of rotatable bonds is 3. The van der Waals surface area contributed by atoms with Crippen molar-refractivity contribution in [3.63, 3.8) is 0 Å². The summed E-state index contributed by atoms with van der Waals surface area (Å²) >= 11 is 0. The molecule has 1 aliphatic rings. The molecule has 0 heterocycles. The predicted molar refractivity (Wildman–Crippen MR) is 78.8 cm³/mol. The fourth-order valence-corrected chi connectivity index (χ4v) is 3.12. The molecule has 1 nitrogen and oxygen atoms in total. The highest BCUT2D eigenvalue weighted by molar-refractivity contribution is 5.30. The normalized spacial score (nSPS) is 23.0. The van der Waals surface area contributed by atoms with Gasteiger partial charge in [-0.1, -0.05) is 44.0 Å². The smallest absolute Gasteiger partial charge is 0.0210 e. The molecule has 1 N–H and O–H groups in total. The second-order valence-corrected chi connectivity index (χ2v) is 6.77. The number of nitrogens with one attached hydrogen (secondary N) is 1. The average Bonchev–Trinajstić information content (AvgIpc) is 2.29. The summed E-state index contributed by atoms with van der Waals surface area (Å²) in [6.07, 6.45) is 5.41. The Morgan fingerprint density at radius 3 is 2.78 bits per heavy atom. The number of aryl methyl sites for hydroxylation is 2.